The molecule has 1 aromatic heterocycles. The summed E-state index contributed by atoms with van der Waals surface area (Å²) in [7, 11) is 1.61. The van der Waals surface area contributed by atoms with E-state index < -0.39 is 17.7 Å². The van der Waals surface area contributed by atoms with Gasteiger partial charge in [0.15, 0.2) is 0 Å². The number of fused-ring (bicyclic) bond motifs is 1. The van der Waals surface area contributed by atoms with Gasteiger partial charge in [0.05, 0.1) is 25.3 Å². The fourth-order valence-corrected chi connectivity index (χ4v) is 4.86. The summed E-state index contributed by atoms with van der Waals surface area (Å²) in [5.41, 5.74) is 1.95. The first-order valence-electron chi connectivity index (χ1n) is 11.9. The van der Waals surface area contributed by atoms with E-state index >= 15 is 0 Å². The van der Waals surface area contributed by atoms with Gasteiger partial charge in [-0.15, -0.1) is 0 Å². The Labute approximate surface area is 204 Å². The average molecular weight is 481 g/mol. The lowest BCUT2D eigenvalue weighted by Crippen LogP contribution is -2.42. The lowest BCUT2D eigenvalue weighted by atomic mass is 9.81. The summed E-state index contributed by atoms with van der Waals surface area (Å²) in [5.74, 6) is 5.61. The van der Waals surface area contributed by atoms with E-state index in [2.05, 4.69) is 21.7 Å². The highest BCUT2D eigenvalue weighted by Crippen LogP contribution is 2.33. The van der Waals surface area contributed by atoms with Gasteiger partial charge in [-0.3, -0.25) is 9.88 Å². The van der Waals surface area contributed by atoms with Gasteiger partial charge in [-0.1, -0.05) is 11.8 Å². The number of aromatic nitrogens is 1. The van der Waals surface area contributed by atoms with Crippen molar-refractivity contribution in [3.63, 3.8) is 0 Å². The van der Waals surface area contributed by atoms with E-state index in [0.717, 1.165) is 47.7 Å². The number of piperidine rings is 1. The van der Waals surface area contributed by atoms with Crippen molar-refractivity contribution in [3.05, 3.63) is 71.4 Å². The van der Waals surface area contributed by atoms with Crippen LogP contribution in [-0.2, 0) is 0 Å². The highest BCUT2D eigenvalue weighted by Gasteiger charge is 2.29. The Balaban J connectivity index is 1.34. The summed E-state index contributed by atoms with van der Waals surface area (Å²) >= 11 is 0. The minimum absolute atomic E-state index is 0.0647. The number of aliphatic hydroxyl groups excluding tert-OH is 2. The number of methoxy groups -OCH3 is 1. The van der Waals surface area contributed by atoms with Gasteiger partial charge in [0.25, 0.3) is 0 Å². The number of nitrogens with zero attached hydrogens (tertiary/aromatic N) is 2. The number of aliphatic hydroxyl groups is 2. The monoisotopic (exact) mass is 480 g/mol. The van der Waals surface area contributed by atoms with Crippen molar-refractivity contribution in [1.29, 1.82) is 0 Å². The zero-order chi connectivity index (χ0) is 24.8. The highest BCUT2D eigenvalue weighted by molar-refractivity contribution is 5.83. The molecule has 4 rings (SSSR count). The maximum atomic E-state index is 13.3. The normalized spacial score (nSPS) is 19.2. The van der Waals surface area contributed by atoms with Gasteiger partial charge in [-0.25, -0.2) is 8.78 Å². The SMILES string of the molecule is COc1ccc2nccc([C@@H](O)CC[C@@H]3CCN(CC#Cc4cc(F)cc(F)c4)C[C@@H]3CO)c2c1. The van der Waals surface area contributed by atoms with Crippen molar-refractivity contribution in [2.75, 3.05) is 33.4 Å². The van der Waals surface area contributed by atoms with Gasteiger partial charge in [0, 0.05) is 36.4 Å². The third-order valence-corrected chi connectivity index (χ3v) is 6.76. The van der Waals surface area contributed by atoms with Crippen LogP contribution in [0.3, 0.4) is 0 Å². The first kappa shape index (κ1) is 25.1. The second kappa shape index (κ2) is 11.6. The van der Waals surface area contributed by atoms with Gasteiger partial charge in [-0.2, -0.15) is 0 Å². The molecule has 0 amide bonds. The zero-order valence-corrected chi connectivity index (χ0v) is 19.8. The molecule has 35 heavy (non-hydrogen) atoms. The predicted octanol–water partition coefficient (Wildman–Crippen LogP) is 4.32. The lowest BCUT2D eigenvalue weighted by Gasteiger charge is -2.37. The van der Waals surface area contributed by atoms with Gasteiger partial charge in [0.1, 0.15) is 17.4 Å². The van der Waals surface area contributed by atoms with Crippen LogP contribution in [0.4, 0.5) is 8.78 Å². The van der Waals surface area contributed by atoms with Gasteiger partial charge >= 0.3 is 0 Å². The molecule has 7 heteroatoms. The quantitative estimate of drug-likeness (QED) is 0.493. The number of hydrogen-bond donors (Lipinski definition) is 2. The Morgan fingerprint density at radius 1 is 1.14 bits per heavy atom. The standard InChI is InChI=1S/C28H30F2N2O3/c1-35-24-5-6-27-26(16-24)25(8-10-31-27)28(34)7-4-20-9-12-32(17-21(20)18-33)11-2-3-19-13-22(29)15-23(30)14-19/h5-6,8,10,13-16,20-21,28,33-34H,4,7,9,11-12,17-18H2,1H3/t20-,21-,28+/m1/s1. The third kappa shape index (κ3) is 6.34. The molecule has 1 fully saturated rings. The Hall–Kier alpha value is -3.05. The predicted molar refractivity (Wildman–Crippen MR) is 131 cm³/mol. The fraction of sp³-hybridized carbons (Fsp3) is 0.393. The van der Waals surface area contributed by atoms with Crippen LogP contribution < -0.4 is 4.74 Å². The van der Waals surface area contributed by atoms with Gasteiger partial charge in [-0.05, 0) is 79.6 Å². The lowest BCUT2D eigenvalue weighted by molar-refractivity contribution is 0.0640. The number of rotatable bonds is 7. The number of likely N-dealkylation sites (tertiary alicyclic amines) is 1. The highest BCUT2D eigenvalue weighted by atomic mass is 19.1. The van der Waals surface area contributed by atoms with Gasteiger partial charge in [0.2, 0.25) is 0 Å². The molecular formula is C28H30F2N2O3. The number of ether oxygens (including phenoxy) is 1. The maximum absolute atomic E-state index is 13.3. The van der Waals surface area contributed by atoms with Crippen LogP contribution in [0.5, 0.6) is 5.75 Å². The molecule has 0 radical (unpaired) electrons. The molecule has 3 atom stereocenters. The van der Waals surface area contributed by atoms with Crippen LogP contribution in [0.15, 0.2) is 48.7 Å². The van der Waals surface area contributed by atoms with Gasteiger partial charge < -0.3 is 14.9 Å². The first-order chi connectivity index (χ1) is 17.0. The van der Waals surface area contributed by atoms with Crippen LogP contribution >= 0.6 is 0 Å². The molecule has 3 aromatic rings. The number of halogens is 2. The molecule has 1 aliphatic rings. The molecule has 2 N–H and O–H groups in total. The minimum atomic E-state index is -0.642. The second-order valence-electron chi connectivity index (χ2n) is 9.06. The number of pyridine rings is 1. The number of benzene rings is 2. The zero-order valence-electron chi connectivity index (χ0n) is 19.8. The van der Waals surface area contributed by atoms with Crippen molar-refractivity contribution in [3.8, 4) is 17.6 Å². The van der Waals surface area contributed by atoms with E-state index in [1.165, 1.54) is 12.1 Å². The molecule has 0 bridgehead atoms. The van der Waals surface area contributed by atoms with Crippen molar-refractivity contribution in [1.82, 2.24) is 9.88 Å². The molecule has 0 spiro atoms. The Morgan fingerprint density at radius 2 is 1.94 bits per heavy atom. The fourth-order valence-electron chi connectivity index (χ4n) is 4.86. The summed E-state index contributed by atoms with van der Waals surface area (Å²) in [4.78, 5) is 6.53. The van der Waals surface area contributed by atoms with E-state index in [4.69, 9.17) is 4.74 Å². The summed E-state index contributed by atoms with van der Waals surface area (Å²) in [6.07, 6.45) is 3.34. The molecular weight excluding hydrogens is 450 g/mol. The van der Waals surface area contributed by atoms with Crippen LogP contribution in [-0.4, -0.2) is 53.4 Å². The first-order valence-corrected chi connectivity index (χ1v) is 11.9. The largest absolute Gasteiger partial charge is 0.497 e. The number of hydrogen-bond acceptors (Lipinski definition) is 5. The van der Waals surface area contributed by atoms with E-state index in [9.17, 15) is 19.0 Å². The molecule has 0 saturated carbocycles. The van der Waals surface area contributed by atoms with E-state index in [0.29, 0.717) is 31.0 Å². The van der Waals surface area contributed by atoms with E-state index in [1.807, 2.05) is 24.3 Å². The Kier molecular flexibility index (Phi) is 8.29. The molecule has 184 valence electrons. The van der Waals surface area contributed by atoms with Crippen molar-refractivity contribution in [2.45, 2.75) is 25.4 Å². The molecule has 2 heterocycles. The molecule has 1 aliphatic heterocycles. The molecule has 1 saturated heterocycles. The Bertz CT molecular complexity index is 1200. The van der Waals surface area contributed by atoms with Crippen LogP contribution in [0.2, 0.25) is 0 Å². The van der Waals surface area contributed by atoms with Crippen molar-refractivity contribution >= 4 is 10.9 Å². The third-order valence-electron chi connectivity index (χ3n) is 6.76. The topological polar surface area (TPSA) is 65.8 Å². The Morgan fingerprint density at radius 3 is 2.69 bits per heavy atom. The average Bonchev–Trinajstić information content (AvgIpc) is 2.86. The van der Waals surface area contributed by atoms with E-state index in [-0.39, 0.29) is 12.5 Å². The molecule has 0 aliphatic carbocycles. The second-order valence-corrected chi connectivity index (χ2v) is 9.06. The van der Waals surface area contributed by atoms with Crippen molar-refractivity contribution in [2.24, 2.45) is 11.8 Å². The van der Waals surface area contributed by atoms with E-state index in [1.54, 1.807) is 13.3 Å². The summed E-state index contributed by atoms with van der Waals surface area (Å²) < 4.78 is 32.0. The molecule has 2 aromatic carbocycles. The van der Waals surface area contributed by atoms with Crippen LogP contribution in [0.25, 0.3) is 10.9 Å². The smallest absolute Gasteiger partial charge is 0.127 e. The summed E-state index contributed by atoms with van der Waals surface area (Å²) in [5, 5.41) is 21.8. The maximum Gasteiger partial charge on any atom is 0.127 e. The molecule has 5 nitrogen and oxygen atoms in total. The van der Waals surface area contributed by atoms with Crippen LogP contribution in [0, 0.1) is 35.3 Å². The van der Waals surface area contributed by atoms with Crippen LogP contribution in [0.1, 0.15) is 36.5 Å². The van der Waals surface area contributed by atoms with Crippen molar-refractivity contribution < 1.29 is 23.7 Å². The molecule has 0 unspecified atom stereocenters. The minimum Gasteiger partial charge on any atom is -0.497 e. The summed E-state index contributed by atoms with van der Waals surface area (Å²) in [6.45, 7) is 2.04. The summed E-state index contributed by atoms with van der Waals surface area (Å²) in [6, 6.07) is 10.7.